The van der Waals surface area contributed by atoms with Crippen LogP contribution in [0.4, 0.5) is 0 Å². The SMILES string of the molecule is CC#CCCn1cc(CNC(C)(C)C)cn1. The number of hydrogen-bond acceptors (Lipinski definition) is 2. The highest BCUT2D eigenvalue weighted by molar-refractivity contribution is 5.04. The fraction of sp³-hybridized carbons (Fsp3) is 0.615. The predicted molar refractivity (Wildman–Crippen MR) is 66.9 cm³/mol. The van der Waals surface area contributed by atoms with E-state index < -0.39 is 0 Å². The number of nitrogens with zero attached hydrogens (tertiary/aromatic N) is 2. The number of hydrogen-bond donors (Lipinski definition) is 1. The monoisotopic (exact) mass is 219 g/mol. The van der Waals surface area contributed by atoms with Gasteiger partial charge in [-0.2, -0.15) is 5.10 Å². The van der Waals surface area contributed by atoms with Gasteiger partial charge in [0, 0.05) is 30.3 Å². The van der Waals surface area contributed by atoms with Crippen molar-refractivity contribution in [2.45, 2.75) is 52.7 Å². The molecule has 0 aromatic carbocycles. The molecule has 1 N–H and O–H groups in total. The summed E-state index contributed by atoms with van der Waals surface area (Å²) in [6.45, 7) is 10.1. The second kappa shape index (κ2) is 5.72. The summed E-state index contributed by atoms with van der Waals surface area (Å²) in [5.41, 5.74) is 1.37. The minimum Gasteiger partial charge on any atom is -0.308 e. The molecule has 3 heteroatoms. The summed E-state index contributed by atoms with van der Waals surface area (Å²) in [4.78, 5) is 0. The Bertz CT molecular complexity index is 374. The Balaban J connectivity index is 2.41. The zero-order valence-corrected chi connectivity index (χ0v) is 10.7. The number of rotatable bonds is 4. The molecule has 1 aromatic rings. The van der Waals surface area contributed by atoms with Crippen molar-refractivity contribution in [3.63, 3.8) is 0 Å². The maximum atomic E-state index is 4.30. The van der Waals surface area contributed by atoms with Crippen LogP contribution in [-0.2, 0) is 13.1 Å². The minimum absolute atomic E-state index is 0.149. The Morgan fingerprint density at radius 2 is 2.19 bits per heavy atom. The zero-order valence-electron chi connectivity index (χ0n) is 10.7. The van der Waals surface area contributed by atoms with Crippen LogP contribution in [0, 0.1) is 11.8 Å². The maximum Gasteiger partial charge on any atom is 0.0534 e. The summed E-state index contributed by atoms with van der Waals surface area (Å²) in [5, 5.41) is 7.74. The van der Waals surface area contributed by atoms with Gasteiger partial charge in [0.1, 0.15) is 0 Å². The average molecular weight is 219 g/mol. The molecule has 0 aliphatic carbocycles. The van der Waals surface area contributed by atoms with Crippen LogP contribution < -0.4 is 5.32 Å². The summed E-state index contributed by atoms with van der Waals surface area (Å²) < 4.78 is 1.95. The predicted octanol–water partition coefficient (Wildman–Crippen LogP) is 2.18. The summed E-state index contributed by atoms with van der Waals surface area (Å²) >= 11 is 0. The number of nitrogens with one attached hydrogen (secondary N) is 1. The summed E-state index contributed by atoms with van der Waals surface area (Å²) in [6, 6.07) is 0. The second-order valence-corrected chi connectivity index (χ2v) is 4.89. The lowest BCUT2D eigenvalue weighted by atomic mass is 10.1. The molecule has 0 spiro atoms. The van der Waals surface area contributed by atoms with Crippen molar-refractivity contribution in [1.82, 2.24) is 15.1 Å². The molecule has 1 rings (SSSR count). The van der Waals surface area contributed by atoms with E-state index in [0.29, 0.717) is 0 Å². The molecule has 0 fully saturated rings. The molecule has 0 aliphatic heterocycles. The molecule has 1 aromatic heterocycles. The molecule has 0 atom stereocenters. The van der Waals surface area contributed by atoms with Crippen molar-refractivity contribution in [1.29, 1.82) is 0 Å². The third-order valence-corrected chi connectivity index (χ3v) is 2.15. The van der Waals surface area contributed by atoms with Crippen molar-refractivity contribution in [2.24, 2.45) is 0 Å². The van der Waals surface area contributed by atoms with Gasteiger partial charge >= 0.3 is 0 Å². The lowest BCUT2D eigenvalue weighted by molar-refractivity contribution is 0.424. The fourth-order valence-corrected chi connectivity index (χ4v) is 1.28. The molecular formula is C13H21N3. The van der Waals surface area contributed by atoms with Crippen LogP contribution in [0.5, 0.6) is 0 Å². The van der Waals surface area contributed by atoms with E-state index in [0.717, 1.165) is 19.5 Å². The van der Waals surface area contributed by atoms with E-state index in [1.54, 1.807) is 0 Å². The van der Waals surface area contributed by atoms with E-state index in [1.165, 1.54) is 5.56 Å². The van der Waals surface area contributed by atoms with Gasteiger partial charge in [-0.3, -0.25) is 4.68 Å². The van der Waals surface area contributed by atoms with Gasteiger partial charge in [0.25, 0.3) is 0 Å². The molecule has 16 heavy (non-hydrogen) atoms. The van der Waals surface area contributed by atoms with Gasteiger partial charge < -0.3 is 5.32 Å². The van der Waals surface area contributed by atoms with Gasteiger partial charge in [-0.05, 0) is 27.7 Å². The number of aromatic nitrogens is 2. The van der Waals surface area contributed by atoms with Crippen LogP contribution in [0.1, 0.15) is 39.7 Å². The molecule has 0 radical (unpaired) electrons. The Labute approximate surface area is 98.2 Å². The highest BCUT2D eigenvalue weighted by atomic mass is 15.3. The van der Waals surface area contributed by atoms with Crippen molar-refractivity contribution >= 4 is 0 Å². The smallest absolute Gasteiger partial charge is 0.0534 e. The Morgan fingerprint density at radius 1 is 1.44 bits per heavy atom. The molecule has 1 heterocycles. The zero-order chi connectivity index (χ0) is 12.0. The Hall–Kier alpha value is -1.27. The highest BCUT2D eigenvalue weighted by Gasteiger charge is 2.08. The first-order valence-corrected chi connectivity index (χ1v) is 5.67. The quantitative estimate of drug-likeness (QED) is 0.787. The Morgan fingerprint density at radius 3 is 2.81 bits per heavy atom. The highest BCUT2D eigenvalue weighted by Crippen LogP contribution is 2.03. The largest absolute Gasteiger partial charge is 0.308 e. The first-order chi connectivity index (χ1) is 7.51. The molecule has 0 unspecified atom stereocenters. The molecule has 0 saturated heterocycles. The van der Waals surface area contributed by atoms with Gasteiger partial charge in [-0.25, -0.2) is 0 Å². The lowest BCUT2D eigenvalue weighted by Gasteiger charge is -2.19. The van der Waals surface area contributed by atoms with Gasteiger partial charge in [-0.1, -0.05) is 0 Å². The summed E-state index contributed by atoms with van der Waals surface area (Å²) in [7, 11) is 0. The first kappa shape index (κ1) is 12.8. The van der Waals surface area contributed by atoms with Crippen LogP contribution >= 0.6 is 0 Å². The van der Waals surface area contributed by atoms with E-state index >= 15 is 0 Å². The second-order valence-electron chi connectivity index (χ2n) is 4.89. The van der Waals surface area contributed by atoms with E-state index in [9.17, 15) is 0 Å². The van der Waals surface area contributed by atoms with E-state index in [1.807, 2.05) is 17.8 Å². The molecule has 0 saturated carbocycles. The molecular weight excluding hydrogens is 198 g/mol. The third-order valence-electron chi connectivity index (χ3n) is 2.15. The minimum atomic E-state index is 0.149. The summed E-state index contributed by atoms with van der Waals surface area (Å²) in [6.07, 6.45) is 4.86. The van der Waals surface area contributed by atoms with Gasteiger partial charge in [0.2, 0.25) is 0 Å². The molecule has 0 bridgehead atoms. The molecule has 0 aliphatic rings. The third kappa shape index (κ3) is 4.99. The Kier molecular flexibility index (Phi) is 4.57. The number of aryl methyl sites for hydroxylation is 1. The van der Waals surface area contributed by atoms with Crippen molar-refractivity contribution in [2.75, 3.05) is 0 Å². The molecule has 3 nitrogen and oxygen atoms in total. The van der Waals surface area contributed by atoms with Crippen LogP contribution in [0.15, 0.2) is 12.4 Å². The molecule has 88 valence electrons. The van der Waals surface area contributed by atoms with E-state index in [-0.39, 0.29) is 5.54 Å². The first-order valence-electron chi connectivity index (χ1n) is 5.67. The van der Waals surface area contributed by atoms with Gasteiger partial charge in [0.05, 0.1) is 12.7 Å². The van der Waals surface area contributed by atoms with E-state index in [4.69, 9.17) is 0 Å². The lowest BCUT2D eigenvalue weighted by Crippen LogP contribution is -2.34. The van der Waals surface area contributed by atoms with E-state index in [2.05, 4.69) is 49.2 Å². The standard InChI is InChI=1S/C13H21N3/c1-5-6-7-8-16-11-12(10-15-16)9-14-13(2,3)4/h10-11,14H,7-9H2,1-4H3. The van der Waals surface area contributed by atoms with Crippen molar-refractivity contribution in [3.8, 4) is 11.8 Å². The van der Waals surface area contributed by atoms with Crippen LogP contribution in [0.25, 0.3) is 0 Å². The van der Waals surface area contributed by atoms with Crippen molar-refractivity contribution < 1.29 is 0 Å². The van der Waals surface area contributed by atoms with Crippen molar-refractivity contribution in [3.05, 3.63) is 18.0 Å². The maximum absolute atomic E-state index is 4.30. The van der Waals surface area contributed by atoms with Crippen LogP contribution in [0.2, 0.25) is 0 Å². The fourth-order valence-electron chi connectivity index (χ4n) is 1.28. The normalized spacial score (nSPS) is 11.0. The molecule has 0 amide bonds. The average Bonchev–Trinajstić information content (AvgIpc) is 2.62. The van der Waals surface area contributed by atoms with Crippen LogP contribution in [0.3, 0.4) is 0 Å². The topological polar surface area (TPSA) is 29.9 Å². The van der Waals surface area contributed by atoms with Gasteiger partial charge in [-0.15, -0.1) is 11.8 Å². The van der Waals surface area contributed by atoms with Gasteiger partial charge in [0.15, 0.2) is 0 Å². The summed E-state index contributed by atoms with van der Waals surface area (Å²) in [5.74, 6) is 5.92. The van der Waals surface area contributed by atoms with Crippen LogP contribution in [-0.4, -0.2) is 15.3 Å².